The Labute approximate surface area is 579 Å². The third kappa shape index (κ3) is 23.9. The van der Waals surface area contributed by atoms with E-state index in [2.05, 4.69) is 392 Å². The quantitative estimate of drug-likeness (QED) is 0.185. The highest BCUT2D eigenvalue weighted by Crippen LogP contribution is 2.36. The Morgan fingerprint density at radius 2 is 0.674 bits per heavy atom. The number of likely N-dealkylation sites (N-methyl/N-ethyl adjacent to an activating group) is 4. The van der Waals surface area contributed by atoms with Crippen molar-refractivity contribution in [3.05, 3.63) is 0 Å². The number of hydrogen-bond acceptors (Lipinski definition) is 18. The van der Waals surface area contributed by atoms with Crippen LogP contribution in [-0.2, 0) is 4.74 Å². The number of likely N-dealkylation sites (tertiary alicyclic amines) is 1. The first-order valence-electron chi connectivity index (χ1n) is 37.1. The molecule has 0 bridgehead atoms. The van der Waals surface area contributed by atoms with E-state index in [0.717, 1.165) is 70.2 Å². The molecule has 18 heteroatoms. The van der Waals surface area contributed by atoms with Crippen molar-refractivity contribution < 1.29 is 4.74 Å². The molecular weight excluding hydrogens is 1160 g/mol. The Kier molecular flexibility index (Phi) is 39.2. The molecule has 28 atom stereocenters. The van der Waals surface area contributed by atoms with Gasteiger partial charge in [0, 0.05) is 130 Å². The van der Waals surface area contributed by atoms with Gasteiger partial charge in [-0.15, -0.1) is 11.8 Å². The van der Waals surface area contributed by atoms with Gasteiger partial charge in [0.25, 0.3) is 0 Å². The van der Waals surface area contributed by atoms with E-state index in [1.54, 1.807) is 0 Å². The monoisotopic (exact) mass is 1330 g/mol. The van der Waals surface area contributed by atoms with Crippen LogP contribution < -0.4 is 21.5 Å². The Morgan fingerprint density at radius 1 is 0.261 bits per heavy atom. The first-order chi connectivity index (χ1) is 42.1. The van der Waals surface area contributed by atoms with Crippen molar-refractivity contribution in [1.29, 1.82) is 0 Å². The summed E-state index contributed by atoms with van der Waals surface area (Å²) in [6.07, 6.45) is 2.81. The second kappa shape index (κ2) is 40.2. The number of nitrogens with one attached hydrogen (secondary N) is 4. The lowest BCUT2D eigenvalue weighted by molar-refractivity contribution is 0.00768. The van der Waals surface area contributed by atoms with E-state index in [-0.39, 0.29) is 0 Å². The molecule has 9 fully saturated rings. The minimum absolute atomic E-state index is 0.301. The number of rotatable bonds is 0. The van der Waals surface area contributed by atoms with Crippen LogP contribution in [0.15, 0.2) is 0 Å². The summed E-state index contributed by atoms with van der Waals surface area (Å²) in [6, 6.07) is 10.7. The highest BCUT2D eigenvalue weighted by molar-refractivity contribution is 8.00. The van der Waals surface area contributed by atoms with Crippen molar-refractivity contribution in [2.75, 3.05) is 84.6 Å². The SMILES string of the molecule is CC1C(C)C(C)N(C)C(C)C1C.CC1C(C)N(C)C(C)N1C.CC1C(C)N(C)N(C)C1C.CC1NC(C)C(C)N(C)C1C.CC1NC(C)N(C)C(C)C1C.CC1NN(C)C(C)C(C)C1C.CC1NN(C)C(C)N1C.CC1OC(C)N(C)C1C.CC1SC(C)N(C)C1C. The van der Waals surface area contributed by atoms with Crippen LogP contribution in [0.4, 0.5) is 0 Å². The van der Waals surface area contributed by atoms with Gasteiger partial charge >= 0.3 is 0 Å². The number of ether oxygens (including phenoxy) is 1. The number of piperazine rings is 1. The molecule has 0 aromatic carbocycles. The minimum atomic E-state index is 0.301. The number of hydrazine groups is 3. The van der Waals surface area contributed by atoms with Crippen LogP contribution in [-0.4, -0.2) is 288 Å². The summed E-state index contributed by atoms with van der Waals surface area (Å²) in [7, 11) is 26.0. The van der Waals surface area contributed by atoms with Crippen molar-refractivity contribution >= 4 is 11.8 Å². The summed E-state index contributed by atoms with van der Waals surface area (Å²) in [5.74, 6) is 5.64. The fraction of sp³-hybridized carbons (Fsp3) is 1.00. The van der Waals surface area contributed by atoms with E-state index in [1.807, 2.05) is 0 Å². The lowest BCUT2D eigenvalue weighted by Crippen LogP contribution is -2.62. The lowest BCUT2D eigenvalue weighted by Gasteiger charge is -2.48. The topological polar surface area (TPSA) is 96.2 Å². The molecule has 0 amide bonds. The molecular formula is C74H164N16OS. The van der Waals surface area contributed by atoms with Gasteiger partial charge in [0.1, 0.15) is 6.23 Å². The van der Waals surface area contributed by atoms with Gasteiger partial charge < -0.3 is 15.0 Å². The molecule has 9 heterocycles. The Bertz CT molecular complexity index is 1590. The maximum Gasteiger partial charge on any atom is 0.108 e. The average Bonchev–Trinajstić information content (AvgIpc) is 1.64. The van der Waals surface area contributed by atoms with Crippen molar-refractivity contribution in [2.45, 2.75) is 359 Å². The molecule has 9 saturated heterocycles. The average molecular weight is 1330 g/mol. The second-order valence-electron chi connectivity index (χ2n) is 31.8. The molecule has 0 aliphatic carbocycles. The van der Waals surface area contributed by atoms with Gasteiger partial charge in [-0.05, 0) is 257 Å². The lowest BCUT2D eigenvalue weighted by atomic mass is 9.73. The van der Waals surface area contributed by atoms with Gasteiger partial charge in [-0.3, -0.25) is 45.0 Å². The van der Waals surface area contributed by atoms with Gasteiger partial charge in [0.05, 0.1) is 36.1 Å². The molecule has 28 unspecified atom stereocenters. The summed E-state index contributed by atoms with van der Waals surface area (Å²) in [5.41, 5.74) is 6.72. The van der Waals surface area contributed by atoms with E-state index >= 15 is 0 Å². The standard InChI is InChI=1S/C11H23N.3C9H20N2.2C8H18N2.C7H15NO.C7H15NS.C6H15N3/c1-7-8(2)10(4)12(6)11(5)9(7)3;1-6-8(3)11(5)9(4)7(2)10-6;1-6-7(2)10-9(4)11(5)8(6)3;1-6-7(2)9(4)11(5)10-8(6)3;1-6-7(2)10(5)8(3)9(6)4;1-6-7(2)9(4)10(5)8(6)3;2*1-5-6(2)9-7(3)8(5)4;1-5-7-9(4)6(2)8(5)3/h7-11H,1-6H3;3*6-10H,1-5H3;2*6-8H,1-5H3;3*5-7H,1-4H3. The predicted octanol–water partition coefficient (Wildman–Crippen LogP) is 11.6. The van der Waals surface area contributed by atoms with Crippen molar-refractivity contribution in [3.8, 4) is 0 Å². The minimum Gasteiger partial charge on any atom is -0.359 e. The van der Waals surface area contributed by atoms with Crippen LogP contribution >= 0.6 is 11.8 Å². The van der Waals surface area contributed by atoms with Crippen LogP contribution in [0.2, 0.25) is 0 Å². The molecule has 0 spiro atoms. The largest absolute Gasteiger partial charge is 0.359 e. The Hall–Kier alpha value is -0.330. The van der Waals surface area contributed by atoms with Gasteiger partial charge in [-0.1, -0.05) is 55.4 Å². The maximum absolute atomic E-state index is 5.51. The molecule has 552 valence electrons. The first-order valence-corrected chi connectivity index (χ1v) is 38.0. The first kappa shape index (κ1) is 89.7. The number of nitrogens with zero attached hydrogens (tertiary/aromatic N) is 12. The molecule has 0 saturated carbocycles. The van der Waals surface area contributed by atoms with Crippen LogP contribution in [0.1, 0.15) is 215 Å². The highest BCUT2D eigenvalue weighted by Gasteiger charge is 2.40. The third-order valence-corrected chi connectivity index (χ3v) is 29.1. The Balaban J connectivity index is 0.000000518. The van der Waals surface area contributed by atoms with Crippen molar-refractivity contribution in [2.24, 2.45) is 41.4 Å². The summed E-state index contributed by atoms with van der Waals surface area (Å²) in [4.78, 5) is 19.1. The van der Waals surface area contributed by atoms with E-state index in [1.165, 1.54) is 0 Å². The fourth-order valence-electron chi connectivity index (χ4n) is 14.6. The zero-order valence-corrected chi connectivity index (χ0v) is 69.9. The summed E-state index contributed by atoms with van der Waals surface area (Å²) in [5, 5.41) is 17.6. The highest BCUT2D eigenvalue weighted by atomic mass is 32.2. The number of piperidine rings is 1. The maximum atomic E-state index is 5.51. The Morgan fingerprint density at radius 3 is 0.946 bits per heavy atom. The van der Waals surface area contributed by atoms with Crippen molar-refractivity contribution in [3.63, 3.8) is 0 Å². The van der Waals surface area contributed by atoms with E-state index < -0.39 is 0 Å². The molecule has 17 nitrogen and oxygen atoms in total. The third-order valence-electron chi connectivity index (χ3n) is 27.6. The molecule has 9 rings (SSSR count). The second-order valence-corrected chi connectivity index (χ2v) is 33.5. The van der Waals surface area contributed by atoms with E-state index in [0.29, 0.717) is 116 Å². The zero-order chi connectivity index (χ0) is 72.1. The van der Waals surface area contributed by atoms with Crippen LogP contribution in [0, 0.1) is 41.4 Å². The fourth-order valence-corrected chi connectivity index (χ4v) is 16.0. The van der Waals surface area contributed by atoms with Gasteiger partial charge in [0.15, 0.2) is 0 Å². The summed E-state index contributed by atoms with van der Waals surface area (Å²) >= 11 is 2.06. The molecule has 92 heavy (non-hydrogen) atoms. The summed E-state index contributed by atoms with van der Waals surface area (Å²) in [6.45, 7) is 70.5. The smallest absolute Gasteiger partial charge is 0.108 e. The number of thioether (sulfide) groups is 1. The van der Waals surface area contributed by atoms with Gasteiger partial charge in [-0.25, -0.2) is 25.5 Å². The molecule has 0 aromatic rings. The summed E-state index contributed by atoms with van der Waals surface area (Å²) < 4.78 is 5.51. The van der Waals surface area contributed by atoms with E-state index in [4.69, 9.17) is 4.74 Å². The van der Waals surface area contributed by atoms with Crippen LogP contribution in [0.25, 0.3) is 0 Å². The molecule has 4 N–H and O–H groups in total. The van der Waals surface area contributed by atoms with Crippen molar-refractivity contribution in [1.82, 2.24) is 80.7 Å². The molecule has 9 aliphatic heterocycles. The molecule has 0 aromatic heterocycles. The predicted molar refractivity (Wildman–Crippen MR) is 406 cm³/mol. The van der Waals surface area contributed by atoms with Crippen LogP contribution in [0.3, 0.4) is 0 Å². The van der Waals surface area contributed by atoms with Gasteiger partial charge in [-0.2, -0.15) is 0 Å². The van der Waals surface area contributed by atoms with E-state index in [9.17, 15) is 0 Å². The molecule has 0 radical (unpaired) electrons. The zero-order valence-electron chi connectivity index (χ0n) is 69.1. The van der Waals surface area contributed by atoms with Gasteiger partial charge in [0.2, 0.25) is 0 Å². The van der Waals surface area contributed by atoms with Crippen LogP contribution in [0.5, 0.6) is 0 Å². The number of hydrogen-bond donors (Lipinski definition) is 4. The normalized spacial score (nSPS) is 46.4. The molecule has 9 aliphatic rings.